The van der Waals surface area contributed by atoms with Crippen molar-refractivity contribution in [3.8, 4) is 0 Å². The second-order valence-electron chi connectivity index (χ2n) is 7.27. The Labute approximate surface area is 153 Å². The van der Waals surface area contributed by atoms with Crippen molar-refractivity contribution in [2.45, 2.75) is 44.6 Å². The third kappa shape index (κ3) is 2.88. The van der Waals surface area contributed by atoms with Crippen molar-refractivity contribution < 1.29 is 24.2 Å². The maximum atomic E-state index is 12.8. The number of fused-ring (bicyclic) bond motifs is 1. The lowest BCUT2D eigenvalue weighted by Gasteiger charge is -2.44. The molecule has 1 heterocycles. The number of amides is 1. The topological polar surface area (TPSA) is 76.1 Å². The van der Waals surface area contributed by atoms with Crippen LogP contribution < -0.4 is 0 Å². The Morgan fingerprint density at radius 2 is 2.08 bits per heavy atom. The number of methoxy groups -OCH3 is 1. The SMILES string of the molecule is C=CC[C@]1(C)[C@H]2[C@H](O)C[C@H]2N(C(=O)OCc2ccccc2)[C@@H]1C(=O)OC. The summed E-state index contributed by atoms with van der Waals surface area (Å²) in [6.45, 7) is 5.81. The van der Waals surface area contributed by atoms with Crippen LogP contribution in [0.1, 0.15) is 25.3 Å². The van der Waals surface area contributed by atoms with E-state index in [-0.39, 0.29) is 18.6 Å². The van der Waals surface area contributed by atoms with E-state index in [0.717, 1.165) is 5.56 Å². The molecule has 0 radical (unpaired) electrons. The average molecular weight is 359 g/mol. The Morgan fingerprint density at radius 3 is 2.65 bits per heavy atom. The Balaban J connectivity index is 1.85. The number of likely N-dealkylation sites (tertiary alicyclic amines) is 1. The number of nitrogens with zero attached hydrogens (tertiary/aromatic N) is 1. The summed E-state index contributed by atoms with van der Waals surface area (Å²) >= 11 is 0. The number of hydrogen-bond acceptors (Lipinski definition) is 5. The van der Waals surface area contributed by atoms with E-state index in [2.05, 4.69) is 6.58 Å². The first-order chi connectivity index (χ1) is 12.4. The fraction of sp³-hybridized carbons (Fsp3) is 0.500. The minimum Gasteiger partial charge on any atom is -0.467 e. The summed E-state index contributed by atoms with van der Waals surface area (Å²) in [5.41, 5.74) is 0.233. The van der Waals surface area contributed by atoms with E-state index >= 15 is 0 Å². The molecule has 0 aromatic heterocycles. The van der Waals surface area contributed by atoms with E-state index < -0.39 is 29.6 Å². The molecule has 2 fully saturated rings. The Bertz CT molecular complexity index is 691. The van der Waals surface area contributed by atoms with Crippen molar-refractivity contribution in [1.29, 1.82) is 0 Å². The summed E-state index contributed by atoms with van der Waals surface area (Å²) in [6.07, 6.45) is 1.54. The summed E-state index contributed by atoms with van der Waals surface area (Å²) in [4.78, 5) is 26.8. The van der Waals surface area contributed by atoms with Gasteiger partial charge in [0.05, 0.1) is 13.2 Å². The summed E-state index contributed by atoms with van der Waals surface area (Å²) < 4.78 is 10.4. The van der Waals surface area contributed by atoms with E-state index in [9.17, 15) is 14.7 Å². The molecule has 1 aliphatic heterocycles. The predicted molar refractivity (Wildman–Crippen MR) is 95.1 cm³/mol. The molecule has 0 unspecified atom stereocenters. The zero-order valence-electron chi connectivity index (χ0n) is 15.1. The van der Waals surface area contributed by atoms with Crippen LogP contribution in [0.2, 0.25) is 0 Å². The monoisotopic (exact) mass is 359 g/mol. The van der Waals surface area contributed by atoms with Crippen molar-refractivity contribution in [3.63, 3.8) is 0 Å². The standard InChI is InChI=1S/C20H25NO5/c1-4-10-20(2)16-14(11-15(16)22)21(17(20)18(23)25-3)19(24)26-12-13-8-6-5-7-9-13/h4-9,14-17,22H,1,10-12H2,2-3H3/t14-,15-,16-,17-,20-/m1/s1. The molecule has 140 valence electrons. The highest BCUT2D eigenvalue weighted by molar-refractivity contribution is 5.84. The van der Waals surface area contributed by atoms with Crippen LogP contribution in [-0.2, 0) is 20.9 Å². The number of benzene rings is 1. The maximum Gasteiger partial charge on any atom is 0.411 e. The van der Waals surface area contributed by atoms with E-state index in [1.54, 1.807) is 6.08 Å². The van der Waals surface area contributed by atoms with Crippen LogP contribution >= 0.6 is 0 Å². The Morgan fingerprint density at radius 1 is 1.38 bits per heavy atom. The van der Waals surface area contributed by atoms with Crippen molar-refractivity contribution in [1.82, 2.24) is 4.90 Å². The van der Waals surface area contributed by atoms with E-state index in [1.165, 1.54) is 12.0 Å². The molecule has 1 amide bonds. The number of aliphatic hydroxyl groups is 1. The van der Waals surface area contributed by atoms with Crippen LogP contribution in [-0.4, -0.2) is 47.4 Å². The predicted octanol–water partition coefficient (Wildman–Crippen LogP) is 2.51. The highest BCUT2D eigenvalue weighted by Crippen LogP contribution is 2.57. The smallest absolute Gasteiger partial charge is 0.411 e. The van der Waals surface area contributed by atoms with Crippen LogP contribution in [0.3, 0.4) is 0 Å². The molecule has 1 aromatic carbocycles. The lowest BCUT2D eigenvalue weighted by Crippen LogP contribution is -2.53. The van der Waals surface area contributed by atoms with Crippen LogP contribution in [0.5, 0.6) is 0 Å². The first-order valence-corrected chi connectivity index (χ1v) is 8.80. The largest absolute Gasteiger partial charge is 0.467 e. The van der Waals surface area contributed by atoms with Crippen molar-refractivity contribution in [2.75, 3.05) is 7.11 Å². The second-order valence-corrected chi connectivity index (χ2v) is 7.27. The first-order valence-electron chi connectivity index (χ1n) is 8.80. The molecular formula is C20H25NO5. The zero-order chi connectivity index (χ0) is 18.9. The molecule has 6 nitrogen and oxygen atoms in total. The number of allylic oxidation sites excluding steroid dienone is 1. The van der Waals surface area contributed by atoms with Gasteiger partial charge in [-0.15, -0.1) is 6.58 Å². The third-order valence-electron chi connectivity index (χ3n) is 5.76. The zero-order valence-corrected chi connectivity index (χ0v) is 15.1. The molecule has 1 saturated heterocycles. The third-order valence-corrected chi connectivity index (χ3v) is 5.76. The quantitative estimate of drug-likeness (QED) is 0.646. The van der Waals surface area contributed by atoms with Gasteiger partial charge in [-0.3, -0.25) is 4.90 Å². The molecule has 3 rings (SSSR count). The van der Waals surface area contributed by atoms with E-state index in [1.807, 2.05) is 37.3 Å². The average Bonchev–Trinajstić information content (AvgIpc) is 2.83. The van der Waals surface area contributed by atoms with Gasteiger partial charge in [0.2, 0.25) is 0 Å². The maximum absolute atomic E-state index is 12.8. The minimum absolute atomic E-state index is 0.127. The number of esters is 1. The minimum atomic E-state index is -0.805. The van der Waals surface area contributed by atoms with Gasteiger partial charge >= 0.3 is 12.1 Å². The van der Waals surface area contributed by atoms with Crippen molar-refractivity contribution >= 4 is 12.1 Å². The molecule has 1 aromatic rings. The first kappa shape index (κ1) is 18.5. The van der Waals surface area contributed by atoms with Gasteiger partial charge in [-0.05, 0) is 18.4 Å². The molecule has 5 atom stereocenters. The Hall–Kier alpha value is -2.34. The van der Waals surface area contributed by atoms with Crippen LogP contribution in [0.15, 0.2) is 43.0 Å². The van der Waals surface area contributed by atoms with Gasteiger partial charge in [0.25, 0.3) is 0 Å². The van der Waals surface area contributed by atoms with Gasteiger partial charge < -0.3 is 14.6 Å². The Kier molecular flexibility index (Phi) is 5.05. The number of rotatable bonds is 5. The fourth-order valence-corrected chi connectivity index (χ4v) is 4.55. The van der Waals surface area contributed by atoms with Crippen LogP contribution in [0.4, 0.5) is 4.79 Å². The highest BCUT2D eigenvalue weighted by atomic mass is 16.6. The van der Waals surface area contributed by atoms with Crippen molar-refractivity contribution in [2.24, 2.45) is 11.3 Å². The van der Waals surface area contributed by atoms with Gasteiger partial charge in [0.1, 0.15) is 12.6 Å². The summed E-state index contributed by atoms with van der Waals surface area (Å²) in [5, 5.41) is 10.3. The second kappa shape index (κ2) is 7.11. The van der Waals surface area contributed by atoms with Crippen molar-refractivity contribution in [3.05, 3.63) is 48.6 Å². The van der Waals surface area contributed by atoms with Gasteiger partial charge in [0, 0.05) is 17.4 Å². The van der Waals surface area contributed by atoms with Gasteiger partial charge in [-0.1, -0.05) is 43.3 Å². The number of carbonyl (C=O) groups is 2. The molecule has 1 aliphatic carbocycles. The highest BCUT2D eigenvalue weighted by Gasteiger charge is 2.67. The lowest BCUT2D eigenvalue weighted by molar-refractivity contribution is -0.149. The molecule has 1 saturated carbocycles. The van der Waals surface area contributed by atoms with Crippen LogP contribution in [0.25, 0.3) is 0 Å². The molecule has 0 bridgehead atoms. The number of hydrogen-bond donors (Lipinski definition) is 1. The summed E-state index contributed by atoms with van der Waals surface area (Å²) in [7, 11) is 1.31. The summed E-state index contributed by atoms with van der Waals surface area (Å²) in [5.74, 6) is -0.693. The molecule has 0 spiro atoms. The van der Waals surface area contributed by atoms with Gasteiger partial charge in [-0.2, -0.15) is 0 Å². The fourth-order valence-electron chi connectivity index (χ4n) is 4.55. The number of ether oxygens (including phenoxy) is 2. The molecule has 1 N–H and O–H groups in total. The number of carbonyl (C=O) groups excluding carboxylic acids is 2. The molecule has 2 aliphatic rings. The molecule has 26 heavy (non-hydrogen) atoms. The lowest BCUT2D eigenvalue weighted by atomic mass is 9.61. The van der Waals surface area contributed by atoms with E-state index in [0.29, 0.717) is 12.8 Å². The molecular weight excluding hydrogens is 334 g/mol. The van der Waals surface area contributed by atoms with E-state index in [4.69, 9.17) is 9.47 Å². The number of aliphatic hydroxyl groups excluding tert-OH is 1. The van der Waals surface area contributed by atoms with Crippen LogP contribution in [0, 0.1) is 11.3 Å². The van der Waals surface area contributed by atoms with Gasteiger partial charge in [-0.25, -0.2) is 9.59 Å². The molecule has 6 heteroatoms. The summed E-state index contributed by atoms with van der Waals surface area (Å²) in [6, 6.07) is 8.33. The van der Waals surface area contributed by atoms with Gasteiger partial charge in [0.15, 0.2) is 0 Å². The normalized spacial score (nSPS) is 32.3.